The number of hydrogen-bond donors (Lipinski definition) is 0. The molecule has 2 fully saturated rings. The van der Waals surface area contributed by atoms with Gasteiger partial charge in [-0.2, -0.15) is 15.0 Å². The minimum absolute atomic E-state index is 0.140. The number of fused-ring (bicyclic) bond motifs is 1. The van der Waals surface area contributed by atoms with Gasteiger partial charge in [0.2, 0.25) is 11.8 Å². The molecule has 2 atom stereocenters. The standard InChI is InChI=1S/C21H31N5O3/c1-4-5-10-28-18-7-6-17-19(22-18)23-21(26-13-15(2)29-16(3)14-26)24-20(17)25-8-11-27-12-9-25/h6-7,15-16H,4-5,8-14H2,1-3H3. The van der Waals surface area contributed by atoms with E-state index in [0.717, 1.165) is 50.2 Å². The van der Waals surface area contributed by atoms with Gasteiger partial charge in [0.15, 0.2) is 5.65 Å². The molecule has 0 saturated carbocycles. The van der Waals surface area contributed by atoms with Gasteiger partial charge in [0, 0.05) is 32.2 Å². The molecule has 0 amide bonds. The zero-order valence-corrected chi connectivity index (χ0v) is 17.6. The monoisotopic (exact) mass is 401 g/mol. The fourth-order valence-corrected chi connectivity index (χ4v) is 3.87. The van der Waals surface area contributed by atoms with Crippen molar-refractivity contribution in [3.8, 4) is 5.88 Å². The third-order valence-corrected chi connectivity index (χ3v) is 5.26. The molecule has 0 aliphatic carbocycles. The second kappa shape index (κ2) is 9.09. The van der Waals surface area contributed by atoms with Gasteiger partial charge in [0.05, 0.1) is 37.4 Å². The number of unbranched alkanes of at least 4 members (excludes halogenated alkanes) is 1. The van der Waals surface area contributed by atoms with Gasteiger partial charge in [-0.1, -0.05) is 13.3 Å². The summed E-state index contributed by atoms with van der Waals surface area (Å²) in [6.07, 6.45) is 2.38. The van der Waals surface area contributed by atoms with Gasteiger partial charge in [-0.15, -0.1) is 0 Å². The van der Waals surface area contributed by atoms with E-state index in [9.17, 15) is 0 Å². The van der Waals surface area contributed by atoms with Crippen LogP contribution in [0.15, 0.2) is 12.1 Å². The smallest absolute Gasteiger partial charge is 0.229 e. The molecule has 2 saturated heterocycles. The van der Waals surface area contributed by atoms with Crippen molar-refractivity contribution in [3.63, 3.8) is 0 Å². The number of anilines is 2. The minimum atomic E-state index is 0.140. The SMILES string of the molecule is CCCCOc1ccc2c(N3CCOCC3)nc(N3CC(C)OC(C)C3)nc2n1. The van der Waals surface area contributed by atoms with Crippen molar-refractivity contribution < 1.29 is 14.2 Å². The van der Waals surface area contributed by atoms with Crippen molar-refractivity contribution in [2.24, 2.45) is 0 Å². The fourth-order valence-electron chi connectivity index (χ4n) is 3.87. The van der Waals surface area contributed by atoms with Crippen molar-refractivity contribution >= 4 is 22.8 Å². The lowest BCUT2D eigenvalue weighted by Gasteiger charge is -2.36. The predicted molar refractivity (Wildman–Crippen MR) is 113 cm³/mol. The summed E-state index contributed by atoms with van der Waals surface area (Å²) in [5.41, 5.74) is 0.678. The highest BCUT2D eigenvalue weighted by Gasteiger charge is 2.26. The molecule has 2 aromatic heterocycles. The molecule has 4 rings (SSSR count). The number of nitrogens with zero attached hydrogens (tertiary/aromatic N) is 5. The average molecular weight is 402 g/mol. The molecule has 0 radical (unpaired) electrons. The van der Waals surface area contributed by atoms with E-state index in [1.165, 1.54) is 0 Å². The Hall–Kier alpha value is -2.19. The van der Waals surface area contributed by atoms with Crippen LogP contribution in [0.3, 0.4) is 0 Å². The highest BCUT2D eigenvalue weighted by atomic mass is 16.5. The number of pyridine rings is 1. The van der Waals surface area contributed by atoms with Gasteiger partial charge in [0.1, 0.15) is 5.82 Å². The van der Waals surface area contributed by atoms with Crippen LogP contribution in [0, 0.1) is 0 Å². The van der Waals surface area contributed by atoms with E-state index in [1.54, 1.807) is 0 Å². The van der Waals surface area contributed by atoms with E-state index in [2.05, 4.69) is 30.6 Å². The molecular weight excluding hydrogens is 370 g/mol. The van der Waals surface area contributed by atoms with Crippen molar-refractivity contribution in [1.29, 1.82) is 0 Å². The summed E-state index contributed by atoms with van der Waals surface area (Å²) in [7, 11) is 0. The second-order valence-electron chi connectivity index (χ2n) is 7.83. The Labute approximate surface area is 172 Å². The van der Waals surface area contributed by atoms with E-state index in [4.69, 9.17) is 29.2 Å². The number of hydrogen-bond acceptors (Lipinski definition) is 8. The van der Waals surface area contributed by atoms with E-state index < -0.39 is 0 Å². The summed E-state index contributed by atoms with van der Waals surface area (Å²) >= 11 is 0. The summed E-state index contributed by atoms with van der Waals surface area (Å²) in [6.45, 7) is 11.6. The molecular formula is C21H31N5O3. The molecule has 4 heterocycles. The summed E-state index contributed by atoms with van der Waals surface area (Å²) in [4.78, 5) is 19.0. The van der Waals surface area contributed by atoms with Crippen LogP contribution in [0.1, 0.15) is 33.6 Å². The number of ether oxygens (including phenoxy) is 3. The number of morpholine rings is 2. The van der Waals surface area contributed by atoms with Crippen LogP contribution < -0.4 is 14.5 Å². The lowest BCUT2D eigenvalue weighted by Crippen LogP contribution is -2.46. The maximum absolute atomic E-state index is 5.89. The Morgan fingerprint density at radius 2 is 1.79 bits per heavy atom. The normalized spacial score (nSPS) is 22.9. The summed E-state index contributed by atoms with van der Waals surface area (Å²) in [6, 6.07) is 3.95. The quantitative estimate of drug-likeness (QED) is 0.684. The Morgan fingerprint density at radius 1 is 1.03 bits per heavy atom. The van der Waals surface area contributed by atoms with Crippen LogP contribution in [-0.4, -0.2) is 73.2 Å². The van der Waals surface area contributed by atoms with Gasteiger partial charge in [0.25, 0.3) is 0 Å². The molecule has 0 spiro atoms. The first-order valence-corrected chi connectivity index (χ1v) is 10.7. The van der Waals surface area contributed by atoms with Gasteiger partial charge < -0.3 is 24.0 Å². The lowest BCUT2D eigenvalue weighted by molar-refractivity contribution is -0.00570. The zero-order valence-electron chi connectivity index (χ0n) is 17.6. The van der Waals surface area contributed by atoms with Crippen molar-refractivity contribution in [2.45, 2.75) is 45.8 Å². The molecule has 2 aliphatic heterocycles. The third kappa shape index (κ3) is 4.70. The Kier molecular flexibility index (Phi) is 6.30. The topological polar surface area (TPSA) is 72.8 Å². The number of aromatic nitrogens is 3. The lowest BCUT2D eigenvalue weighted by atomic mass is 10.2. The molecule has 2 aromatic rings. The number of rotatable bonds is 6. The Balaban J connectivity index is 1.71. The van der Waals surface area contributed by atoms with E-state index >= 15 is 0 Å². The van der Waals surface area contributed by atoms with E-state index in [1.807, 2.05) is 12.1 Å². The maximum Gasteiger partial charge on any atom is 0.229 e. The fraction of sp³-hybridized carbons (Fsp3) is 0.667. The van der Waals surface area contributed by atoms with Crippen molar-refractivity contribution in [3.05, 3.63) is 12.1 Å². The van der Waals surface area contributed by atoms with Gasteiger partial charge in [-0.3, -0.25) is 0 Å². The average Bonchev–Trinajstić information content (AvgIpc) is 2.73. The molecule has 158 valence electrons. The Morgan fingerprint density at radius 3 is 2.52 bits per heavy atom. The summed E-state index contributed by atoms with van der Waals surface area (Å²) < 4.78 is 17.2. The van der Waals surface area contributed by atoms with E-state index in [-0.39, 0.29) is 12.2 Å². The predicted octanol–water partition coefficient (Wildman–Crippen LogP) is 2.65. The highest BCUT2D eigenvalue weighted by Crippen LogP contribution is 2.29. The summed E-state index contributed by atoms with van der Waals surface area (Å²) in [5.74, 6) is 2.25. The van der Waals surface area contributed by atoms with Crippen molar-refractivity contribution in [1.82, 2.24) is 15.0 Å². The molecule has 8 heteroatoms. The van der Waals surface area contributed by atoms with Crippen LogP contribution in [-0.2, 0) is 9.47 Å². The molecule has 2 aliphatic rings. The van der Waals surface area contributed by atoms with Crippen LogP contribution in [0.5, 0.6) is 5.88 Å². The molecule has 29 heavy (non-hydrogen) atoms. The molecule has 0 aromatic carbocycles. The van der Waals surface area contributed by atoms with Crippen LogP contribution in [0.25, 0.3) is 11.0 Å². The first-order valence-electron chi connectivity index (χ1n) is 10.7. The van der Waals surface area contributed by atoms with Crippen molar-refractivity contribution in [2.75, 3.05) is 55.8 Å². The molecule has 0 bridgehead atoms. The van der Waals surface area contributed by atoms with Crippen LogP contribution >= 0.6 is 0 Å². The van der Waals surface area contributed by atoms with E-state index in [0.29, 0.717) is 37.3 Å². The first kappa shape index (κ1) is 20.1. The zero-order chi connectivity index (χ0) is 20.2. The largest absolute Gasteiger partial charge is 0.478 e. The van der Waals surface area contributed by atoms with Crippen LogP contribution in [0.2, 0.25) is 0 Å². The third-order valence-electron chi connectivity index (χ3n) is 5.26. The van der Waals surface area contributed by atoms with Crippen LogP contribution in [0.4, 0.5) is 11.8 Å². The Bertz CT molecular complexity index is 817. The molecule has 8 nitrogen and oxygen atoms in total. The molecule has 0 N–H and O–H groups in total. The first-order chi connectivity index (χ1) is 14.1. The molecule has 2 unspecified atom stereocenters. The minimum Gasteiger partial charge on any atom is -0.478 e. The maximum atomic E-state index is 5.89. The highest BCUT2D eigenvalue weighted by molar-refractivity contribution is 5.88. The second-order valence-corrected chi connectivity index (χ2v) is 7.83. The van der Waals surface area contributed by atoms with Gasteiger partial charge >= 0.3 is 0 Å². The summed E-state index contributed by atoms with van der Waals surface area (Å²) in [5, 5.41) is 0.952. The van der Waals surface area contributed by atoms with Gasteiger partial charge in [-0.25, -0.2) is 0 Å². The van der Waals surface area contributed by atoms with Gasteiger partial charge in [-0.05, 0) is 26.3 Å².